The first-order chi connectivity index (χ1) is 18.5. The number of amides is 1. The molecule has 0 spiro atoms. The van der Waals surface area contributed by atoms with E-state index in [0.717, 1.165) is 79.5 Å². The van der Waals surface area contributed by atoms with Crippen LogP contribution in [0.1, 0.15) is 55.2 Å². The number of carbonyl (C=O) groups is 1. The van der Waals surface area contributed by atoms with Crippen molar-refractivity contribution < 1.29 is 4.79 Å². The molecule has 0 saturated carbocycles. The lowest BCUT2D eigenvalue weighted by atomic mass is 10.1. The molecule has 2 aromatic heterocycles. The molecule has 2 aromatic carbocycles. The molecule has 0 saturated heterocycles. The van der Waals surface area contributed by atoms with Crippen LogP contribution in [0.15, 0.2) is 67.0 Å². The summed E-state index contributed by atoms with van der Waals surface area (Å²) < 4.78 is 0. The number of nitrogens with one attached hydrogen (secondary N) is 2. The van der Waals surface area contributed by atoms with Crippen LogP contribution in [0.3, 0.4) is 0 Å². The van der Waals surface area contributed by atoms with Crippen molar-refractivity contribution in [3.63, 3.8) is 0 Å². The SMILES string of the molecule is CCCN(C)Cc1ncc(-c2ccc(CCc3cnc(CN(CCC)C(=O)Cc4ccccc4)[nH]3)cc2)[nH]1. The van der Waals surface area contributed by atoms with Crippen LogP contribution >= 0.6 is 0 Å². The Kier molecular flexibility index (Phi) is 9.87. The lowest BCUT2D eigenvalue weighted by Crippen LogP contribution is -2.33. The molecule has 1 amide bonds. The number of hydrogen-bond acceptors (Lipinski definition) is 4. The zero-order chi connectivity index (χ0) is 26.7. The van der Waals surface area contributed by atoms with Crippen molar-refractivity contribution in [1.29, 1.82) is 0 Å². The first kappa shape index (κ1) is 27.3. The number of H-pyrrole nitrogens is 2. The molecule has 0 atom stereocenters. The molecule has 0 aliphatic rings. The van der Waals surface area contributed by atoms with Gasteiger partial charge in [-0.25, -0.2) is 9.97 Å². The molecule has 0 aliphatic heterocycles. The molecule has 2 heterocycles. The summed E-state index contributed by atoms with van der Waals surface area (Å²) in [4.78, 5) is 33.1. The van der Waals surface area contributed by atoms with Crippen LogP contribution in [-0.2, 0) is 37.1 Å². The van der Waals surface area contributed by atoms with Crippen LogP contribution in [0.25, 0.3) is 11.3 Å². The minimum absolute atomic E-state index is 0.133. The van der Waals surface area contributed by atoms with E-state index >= 15 is 0 Å². The molecule has 0 radical (unpaired) electrons. The van der Waals surface area contributed by atoms with Crippen molar-refractivity contribution in [2.45, 2.75) is 59.0 Å². The second-order valence-corrected chi connectivity index (χ2v) is 10.0. The van der Waals surface area contributed by atoms with E-state index in [4.69, 9.17) is 0 Å². The molecule has 0 aliphatic carbocycles. The van der Waals surface area contributed by atoms with Gasteiger partial charge in [0.15, 0.2) is 0 Å². The van der Waals surface area contributed by atoms with Gasteiger partial charge in [-0.3, -0.25) is 9.69 Å². The largest absolute Gasteiger partial charge is 0.344 e. The Bertz CT molecular complexity index is 1260. The lowest BCUT2D eigenvalue weighted by Gasteiger charge is -2.21. The van der Waals surface area contributed by atoms with Gasteiger partial charge in [-0.05, 0) is 56.0 Å². The number of imidazole rings is 2. The Labute approximate surface area is 226 Å². The molecular formula is C31H40N6O. The van der Waals surface area contributed by atoms with Crippen LogP contribution in [0.4, 0.5) is 0 Å². The fraction of sp³-hybridized carbons (Fsp3) is 0.387. The molecule has 4 aromatic rings. The van der Waals surface area contributed by atoms with E-state index in [2.05, 4.69) is 70.0 Å². The maximum atomic E-state index is 12.9. The number of aromatic amines is 2. The van der Waals surface area contributed by atoms with Crippen LogP contribution in [0.2, 0.25) is 0 Å². The predicted octanol–water partition coefficient (Wildman–Crippen LogP) is 5.41. The average molecular weight is 513 g/mol. The third-order valence-corrected chi connectivity index (χ3v) is 6.67. The van der Waals surface area contributed by atoms with Gasteiger partial charge in [0.2, 0.25) is 5.91 Å². The second-order valence-electron chi connectivity index (χ2n) is 10.0. The predicted molar refractivity (Wildman–Crippen MR) is 152 cm³/mol. The van der Waals surface area contributed by atoms with Crippen molar-refractivity contribution in [3.8, 4) is 11.3 Å². The van der Waals surface area contributed by atoms with Gasteiger partial charge in [-0.2, -0.15) is 0 Å². The summed E-state index contributed by atoms with van der Waals surface area (Å²) in [7, 11) is 2.12. The first-order valence-corrected chi connectivity index (χ1v) is 13.7. The van der Waals surface area contributed by atoms with Gasteiger partial charge in [-0.1, -0.05) is 68.4 Å². The number of hydrogen-bond donors (Lipinski definition) is 2. The molecule has 7 heteroatoms. The van der Waals surface area contributed by atoms with E-state index in [1.807, 2.05) is 47.6 Å². The van der Waals surface area contributed by atoms with E-state index in [9.17, 15) is 4.79 Å². The first-order valence-electron chi connectivity index (χ1n) is 13.7. The minimum Gasteiger partial charge on any atom is -0.344 e. The van der Waals surface area contributed by atoms with E-state index < -0.39 is 0 Å². The number of rotatable bonds is 14. The molecule has 200 valence electrons. The van der Waals surface area contributed by atoms with Gasteiger partial charge in [0.25, 0.3) is 0 Å². The van der Waals surface area contributed by atoms with Gasteiger partial charge < -0.3 is 14.9 Å². The summed E-state index contributed by atoms with van der Waals surface area (Å²) >= 11 is 0. The molecule has 0 fully saturated rings. The van der Waals surface area contributed by atoms with Gasteiger partial charge >= 0.3 is 0 Å². The van der Waals surface area contributed by atoms with Crippen molar-refractivity contribution in [2.24, 2.45) is 0 Å². The summed E-state index contributed by atoms with van der Waals surface area (Å²) in [5.74, 6) is 1.97. The van der Waals surface area contributed by atoms with E-state index in [-0.39, 0.29) is 5.91 Å². The highest BCUT2D eigenvalue weighted by Gasteiger charge is 2.15. The fourth-order valence-corrected chi connectivity index (χ4v) is 4.67. The topological polar surface area (TPSA) is 80.9 Å². The molecule has 38 heavy (non-hydrogen) atoms. The maximum Gasteiger partial charge on any atom is 0.227 e. The molecule has 0 unspecified atom stereocenters. The van der Waals surface area contributed by atoms with Crippen molar-refractivity contribution >= 4 is 5.91 Å². The Morgan fingerprint density at radius 3 is 2.24 bits per heavy atom. The molecule has 4 rings (SSSR count). The Hall–Kier alpha value is -3.71. The number of benzene rings is 2. The zero-order valence-electron chi connectivity index (χ0n) is 22.9. The number of aromatic nitrogens is 4. The highest BCUT2D eigenvalue weighted by Crippen LogP contribution is 2.19. The lowest BCUT2D eigenvalue weighted by molar-refractivity contribution is -0.131. The van der Waals surface area contributed by atoms with Gasteiger partial charge in [0.1, 0.15) is 11.6 Å². The van der Waals surface area contributed by atoms with Crippen LogP contribution < -0.4 is 0 Å². The van der Waals surface area contributed by atoms with Crippen LogP contribution in [-0.4, -0.2) is 55.8 Å². The molecule has 2 N–H and O–H groups in total. The van der Waals surface area contributed by atoms with E-state index in [1.54, 1.807) is 0 Å². The Balaban J connectivity index is 1.29. The summed E-state index contributed by atoms with van der Waals surface area (Å²) in [5, 5.41) is 0. The normalized spacial score (nSPS) is 11.3. The number of aryl methyl sites for hydroxylation is 2. The smallest absolute Gasteiger partial charge is 0.227 e. The summed E-state index contributed by atoms with van der Waals surface area (Å²) in [6, 6.07) is 18.6. The van der Waals surface area contributed by atoms with Gasteiger partial charge in [0, 0.05) is 18.4 Å². The molecule has 7 nitrogen and oxygen atoms in total. The van der Waals surface area contributed by atoms with Crippen molar-refractivity contribution in [1.82, 2.24) is 29.7 Å². The third-order valence-electron chi connectivity index (χ3n) is 6.67. The Morgan fingerprint density at radius 1 is 0.789 bits per heavy atom. The van der Waals surface area contributed by atoms with Gasteiger partial charge in [-0.15, -0.1) is 0 Å². The zero-order valence-corrected chi connectivity index (χ0v) is 22.9. The number of nitrogens with zero attached hydrogens (tertiary/aromatic N) is 4. The van der Waals surface area contributed by atoms with E-state index in [1.165, 1.54) is 5.56 Å². The fourth-order valence-electron chi connectivity index (χ4n) is 4.67. The van der Waals surface area contributed by atoms with Crippen LogP contribution in [0.5, 0.6) is 0 Å². The van der Waals surface area contributed by atoms with Gasteiger partial charge in [0.05, 0.1) is 31.4 Å². The monoisotopic (exact) mass is 512 g/mol. The van der Waals surface area contributed by atoms with Crippen LogP contribution in [0, 0.1) is 0 Å². The summed E-state index contributed by atoms with van der Waals surface area (Å²) in [5.41, 5.74) is 5.60. The molecule has 0 bridgehead atoms. The standard InChI is InChI=1S/C31H40N6O/c1-4-17-36(3)22-29-33-21-28(35-29)26-14-11-24(12-15-26)13-16-27-20-32-30(34-27)23-37(18-5-2)31(38)19-25-9-7-6-8-10-25/h6-12,14-15,20-21H,4-5,13,16-19,22-23H2,1-3H3,(H,32,34)(H,33,35). The second kappa shape index (κ2) is 13.7. The summed E-state index contributed by atoms with van der Waals surface area (Å²) in [6.07, 6.45) is 8.08. The quantitative estimate of drug-likeness (QED) is 0.237. The van der Waals surface area contributed by atoms with E-state index in [0.29, 0.717) is 13.0 Å². The highest BCUT2D eigenvalue weighted by molar-refractivity contribution is 5.78. The number of carbonyl (C=O) groups excluding carboxylic acids is 1. The van der Waals surface area contributed by atoms with Crippen molar-refractivity contribution in [2.75, 3.05) is 20.1 Å². The maximum absolute atomic E-state index is 12.9. The molecular weight excluding hydrogens is 472 g/mol. The Morgan fingerprint density at radius 2 is 1.50 bits per heavy atom. The highest BCUT2D eigenvalue weighted by atomic mass is 16.2. The third kappa shape index (κ3) is 7.89. The average Bonchev–Trinajstić information content (AvgIpc) is 3.58. The minimum atomic E-state index is 0.133. The van der Waals surface area contributed by atoms with Crippen molar-refractivity contribution in [3.05, 3.63) is 95.5 Å². The summed E-state index contributed by atoms with van der Waals surface area (Å²) in [6.45, 7) is 7.41.